The highest BCUT2D eigenvalue weighted by Gasteiger charge is 2.27. The summed E-state index contributed by atoms with van der Waals surface area (Å²) >= 11 is 0. The maximum Gasteiger partial charge on any atom is 0.267 e. The molecule has 0 bridgehead atoms. The van der Waals surface area contributed by atoms with Crippen LogP contribution in [0.4, 0.5) is 0 Å². The summed E-state index contributed by atoms with van der Waals surface area (Å²) in [6.07, 6.45) is 48.1. The Morgan fingerprint density at radius 3 is 1.22 bits per heavy atom. The molecular weight excluding hydrogens is 695 g/mol. The zero-order valence-electron chi connectivity index (χ0n) is 35.5. The lowest BCUT2D eigenvalue weighted by molar-refractivity contribution is -0.130. The van der Waals surface area contributed by atoms with E-state index in [1.807, 2.05) is 0 Å². The minimum absolute atomic E-state index is 0.279. The van der Waals surface area contributed by atoms with Crippen LogP contribution in [0.3, 0.4) is 0 Å². The molecule has 0 aliphatic rings. The van der Waals surface area contributed by atoms with Gasteiger partial charge in [-0.05, 0) is 32.1 Å². The fourth-order valence-electron chi connectivity index (χ4n) is 7.18. The molecule has 3 atom stereocenters. The number of allylic oxidation sites excluding steroid dienone is 3. The molecule has 0 saturated carbocycles. The Balaban J connectivity index is 3.95. The van der Waals surface area contributed by atoms with Crippen LogP contribution >= 0.6 is 0 Å². The second-order valence-corrected chi connectivity index (χ2v) is 17.7. The van der Waals surface area contributed by atoms with E-state index in [-0.39, 0.29) is 6.42 Å². The minimum atomic E-state index is -4.45. The molecule has 0 spiro atoms. The molecule has 7 nitrogen and oxygen atoms in total. The van der Waals surface area contributed by atoms with E-state index in [2.05, 4.69) is 31.3 Å². The standard InChI is InChI=1S/C46H89NO6S/c1-3-5-7-9-11-13-15-17-19-21-22-23-24-25-27-29-31-33-35-37-39-41-45(49)46(50)47-43(42-54(51,52)53)44(48)40-38-36-34-32-30-28-26-20-18-16-14-12-10-8-6-4-2/h30,32,38,40,43-45,48-49H,3-29,31,33-37,39,41-42H2,1-2H3,(H,47,50)(H,51,52,53)/b32-30+,40-38+. The summed E-state index contributed by atoms with van der Waals surface area (Å²) in [6.45, 7) is 4.53. The van der Waals surface area contributed by atoms with Gasteiger partial charge in [-0.3, -0.25) is 9.35 Å². The average Bonchev–Trinajstić information content (AvgIpc) is 3.14. The van der Waals surface area contributed by atoms with Crippen molar-refractivity contribution in [3.8, 4) is 0 Å². The van der Waals surface area contributed by atoms with Crippen molar-refractivity contribution >= 4 is 16.0 Å². The number of rotatable bonds is 42. The van der Waals surface area contributed by atoms with E-state index >= 15 is 0 Å². The quantitative estimate of drug-likeness (QED) is 0.0278. The van der Waals surface area contributed by atoms with Gasteiger partial charge in [-0.1, -0.05) is 231 Å². The number of aliphatic hydroxyl groups is 2. The monoisotopic (exact) mass is 784 g/mol. The van der Waals surface area contributed by atoms with E-state index in [0.29, 0.717) is 12.8 Å². The van der Waals surface area contributed by atoms with E-state index in [1.54, 1.807) is 6.08 Å². The third-order valence-electron chi connectivity index (χ3n) is 10.7. The fourth-order valence-corrected chi connectivity index (χ4v) is 7.91. The van der Waals surface area contributed by atoms with Crippen LogP contribution in [0.1, 0.15) is 239 Å². The number of carbonyl (C=O) groups is 1. The largest absolute Gasteiger partial charge is 0.387 e. The molecule has 8 heteroatoms. The van der Waals surface area contributed by atoms with Crippen molar-refractivity contribution in [2.75, 3.05) is 5.75 Å². The maximum absolute atomic E-state index is 12.6. The summed E-state index contributed by atoms with van der Waals surface area (Å²) in [5, 5.41) is 23.4. The van der Waals surface area contributed by atoms with Crippen molar-refractivity contribution in [2.45, 2.75) is 257 Å². The van der Waals surface area contributed by atoms with E-state index in [1.165, 1.54) is 179 Å². The van der Waals surface area contributed by atoms with Crippen molar-refractivity contribution in [3.05, 3.63) is 24.3 Å². The Hall–Kier alpha value is -1.22. The lowest BCUT2D eigenvalue weighted by atomic mass is 10.0. The molecule has 0 fully saturated rings. The van der Waals surface area contributed by atoms with Crippen LogP contribution in [-0.2, 0) is 14.9 Å². The van der Waals surface area contributed by atoms with E-state index in [9.17, 15) is 28.0 Å². The van der Waals surface area contributed by atoms with Gasteiger partial charge in [0, 0.05) is 0 Å². The molecular formula is C46H89NO6S. The SMILES string of the molecule is CCCCCCCCCCCC/C=C/CC/C=C/C(O)C(CS(=O)(=O)O)NC(=O)C(O)CCCCCCCCCCCCCCCCCCCCCCC. The summed E-state index contributed by atoms with van der Waals surface area (Å²) in [5.41, 5.74) is 0. The molecule has 0 aromatic heterocycles. The topological polar surface area (TPSA) is 124 Å². The van der Waals surface area contributed by atoms with E-state index in [4.69, 9.17) is 0 Å². The van der Waals surface area contributed by atoms with Crippen molar-refractivity contribution in [1.82, 2.24) is 5.32 Å². The van der Waals surface area contributed by atoms with Gasteiger partial charge in [0.05, 0.1) is 17.9 Å². The molecule has 0 aliphatic carbocycles. The zero-order chi connectivity index (χ0) is 39.8. The maximum atomic E-state index is 12.6. The molecule has 0 heterocycles. The van der Waals surface area contributed by atoms with Gasteiger partial charge in [-0.2, -0.15) is 8.42 Å². The molecule has 4 N–H and O–H groups in total. The van der Waals surface area contributed by atoms with Gasteiger partial charge in [0.25, 0.3) is 10.1 Å². The summed E-state index contributed by atoms with van der Waals surface area (Å²) in [7, 11) is -4.45. The van der Waals surface area contributed by atoms with Crippen molar-refractivity contribution < 1.29 is 28.0 Å². The summed E-state index contributed by atoms with van der Waals surface area (Å²) in [5.74, 6) is -1.55. The smallest absolute Gasteiger partial charge is 0.267 e. The molecule has 0 saturated heterocycles. The first-order valence-corrected chi connectivity index (χ1v) is 24.8. The van der Waals surface area contributed by atoms with Crippen molar-refractivity contribution in [3.63, 3.8) is 0 Å². The predicted molar refractivity (Wildman–Crippen MR) is 232 cm³/mol. The van der Waals surface area contributed by atoms with E-state index in [0.717, 1.165) is 32.1 Å². The number of amides is 1. The van der Waals surface area contributed by atoms with Gasteiger partial charge in [0.2, 0.25) is 5.91 Å². The highest BCUT2D eigenvalue weighted by atomic mass is 32.2. The Bertz CT molecular complexity index is 968. The van der Waals surface area contributed by atoms with Gasteiger partial charge >= 0.3 is 0 Å². The van der Waals surface area contributed by atoms with Gasteiger partial charge in [0.15, 0.2) is 0 Å². The molecule has 3 unspecified atom stereocenters. The molecule has 0 radical (unpaired) electrons. The molecule has 1 amide bonds. The third-order valence-corrected chi connectivity index (χ3v) is 11.5. The van der Waals surface area contributed by atoms with Crippen LogP contribution in [0.25, 0.3) is 0 Å². The van der Waals surface area contributed by atoms with Crippen LogP contribution in [0.5, 0.6) is 0 Å². The fraction of sp³-hybridized carbons (Fsp3) is 0.891. The molecule has 0 aliphatic heterocycles. The van der Waals surface area contributed by atoms with Gasteiger partial charge in [-0.15, -0.1) is 0 Å². The highest BCUT2D eigenvalue weighted by Crippen LogP contribution is 2.16. The molecule has 0 aromatic rings. The number of nitrogens with one attached hydrogen (secondary N) is 1. The number of unbranched alkanes of at least 4 members (excludes halogenated alkanes) is 31. The predicted octanol–water partition coefficient (Wildman–Crippen LogP) is 12.9. The first-order chi connectivity index (χ1) is 26.2. The first kappa shape index (κ1) is 52.8. The van der Waals surface area contributed by atoms with Crippen LogP contribution in [-0.4, -0.2) is 53.1 Å². The highest BCUT2D eigenvalue weighted by molar-refractivity contribution is 7.85. The average molecular weight is 784 g/mol. The Labute approximate surface area is 335 Å². The Morgan fingerprint density at radius 2 is 0.833 bits per heavy atom. The molecule has 0 rings (SSSR count). The first-order valence-electron chi connectivity index (χ1n) is 23.1. The number of hydrogen-bond donors (Lipinski definition) is 4. The Kier molecular flexibility index (Phi) is 39.1. The molecule has 54 heavy (non-hydrogen) atoms. The van der Waals surface area contributed by atoms with E-state index < -0.39 is 40.0 Å². The zero-order valence-corrected chi connectivity index (χ0v) is 36.3. The number of aliphatic hydroxyl groups excluding tert-OH is 2. The van der Waals surface area contributed by atoms with Crippen LogP contribution in [0, 0.1) is 0 Å². The van der Waals surface area contributed by atoms with Gasteiger partial charge in [-0.25, -0.2) is 0 Å². The van der Waals surface area contributed by atoms with Crippen molar-refractivity contribution in [2.24, 2.45) is 0 Å². The summed E-state index contributed by atoms with van der Waals surface area (Å²) in [4.78, 5) is 12.6. The minimum Gasteiger partial charge on any atom is -0.387 e. The van der Waals surface area contributed by atoms with Gasteiger partial charge in [0.1, 0.15) is 6.10 Å². The van der Waals surface area contributed by atoms with Crippen LogP contribution in [0.2, 0.25) is 0 Å². The summed E-state index contributed by atoms with van der Waals surface area (Å²) < 4.78 is 32.6. The van der Waals surface area contributed by atoms with Gasteiger partial charge < -0.3 is 15.5 Å². The van der Waals surface area contributed by atoms with Crippen LogP contribution in [0.15, 0.2) is 24.3 Å². The second-order valence-electron chi connectivity index (χ2n) is 16.2. The van der Waals surface area contributed by atoms with Crippen LogP contribution < -0.4 is 5.32 Å². The third kappa shape index (κ3) is 39.0. The second kappa shape index (κ2) is 40.0. The number of carbonyl (C=O) groups excluding carboxylic acids is 1. The lowest BCUT2D eigenvalue weighted by Gasteiger charge is -2.22. The molecule has 0 aromatic carbocycles. The summed E-state index contributed by atoms with van der Waals surface area (Å²) in [6, 6.07) is -1.25. The normalized spacial score (nSPS) is 13.9. The number of hydrogen-bond acceptors (Lipinski definition) is 5. The van der Waals surface area contributed by atoms with Crippen molar-refractivity contribution in [1.29, 1.82) is 0 Å². The molecule has 320 valence electrons. The Morgan fingerprint density at radius 1 is 0.500 bits per heavy atom. The lowest BCUT2D eigenvalue weighted by Crippen LogP contribution is -2.50.